The molecule has 0 radical (unpaired) electrons. The third-order valence-corrected chi connectivity index (χ3v) is 4.45. The highest BCUT2D eigenvalue weighted by Gasteiger charge is 2.19. The molecule has 29 heavy (non-hydrogen) atoms. The summed E-state index contributed by atoms with van der Waals surface area (Å²) >= 11 is 6.36. The predicted octanol–water partition coefficient (Wildman–Crippen LogP) is 4.15. The molecule has 4 rings (SSSR count). The lowest BCUT2D eigenvalue weighted by atomic mass is 10.2. The summed E-state index contributed by atoms with van der Waals surface area (Å²) in [5.74, 6) is 1.89. The fourth-order valence-electron chi connectivity index (χ4n) is 2.77. The zero-order valence-electron chi connectivity index (χ0n) is 16.2. The Hall–Kier alpha value is -3.23. The standard InChI is InChI=1S/C20H19ClN6O2/c1-27(2)11-17-25-26-20(29-17)18-19(23-15-7-5-4-6-14(15)22-18)24-16-10-12(28-3)8-9-13(16)21/h4-10H,11H2,1-3H3,(H,23,24). The quantitative estimate of drug-likeness (QED) is 0.507. The number of hydrogen-bond donors (Lipinski definition) is 1. The molecule has 0 spiro atoms. The Kier molecular flexibility index (Phi) is 5.28. The van der Waals surface area contributed by atoms with E-state index in [1.165, 1.54) is 0 Å². The molecule has 0 aliphatic rings. The largest absolute Gasteiger partial charge is 0.497 e. The van der Waals surface area contributed by atoms with E-state index in [0.29, 0.717) is 40.4 Å². The van der Waals surface area contributed by atoms with Crippen molar-refractivity contribution in [3.8, 4) is 17.3 Å². The number of para-hydroxylation sites is 2. The Morgan fingerprint density at radius 1 is 1.07 bits per heavy atom. The fourth-order valence-corrected chi connectivity index (χ4v) is 2.94. The van der Waals surface area contributed by atoms with Gasteiger partial charge in [0.2, 0.25) is 5.89 Å². The number of benzene rings is 2. The number of ether oxygens (including phenoxy) is 1. The molecule has 2 aromatic heterocycles. The van der Waals surface area contributed by atoms with Gasteiger partial charge in [-0.3, -0.25) is 0 Å². The summed E-state index contributed by atoms with van der Waals surface area (Å²) in [7, 11) is 5.45. The zero-order chi connectivity index (χ0) is 20.4. The second-order valence-corrected chi connectivity index (χ2v) is 7.03. The summed E-state index contributed by atoms with van der Waals surface area (Å²) in [5.41, 5.74) is 2.52. The summed E-state index contributed by atoms with van der Waals surface area (Å²) in [4.78, 5) is 11.3. The summed E-state index contributed by atoms with van der Waals surface area (Å²) in [5, 5.41) is 12.0. The van der Waals surface area contributed by atoms with Gasteiger partial charge in [0.15, 0.2) is 11.5 Å². The van der Waals surface area contributed by atoms with Gasteiger partial charge < -0.3 is 19.4 Å². The van der Waals surface area contributed by atoms with Crippen molar-refractivity contribution in [3.05, 3.63) is 53.4 Å². The van der Waals surface area contributed by atoms with E-state index < -0.39 is 0 Å². The minimum atomic E-state index is 0.279. The first kappa shape index (κ1) is 19.1. The smallest absolute Gasteiger partial charge is 0.270 e. The monoisotopic (exact) mass is 410 g/mol. The van der Waals surface area contributed by atoms with Crippen LogP contribution in [0.15, 0.2) is 46.9 Å². The molecule has 1 N–H and O–H groups in total. The maximum absolute atomic E-state index is 6.36. The first-order valence-electron chi connectivity index (χ1n) is 8.88. The fraction of sp³-hybridized carbons (Fsp3) is 0.200. The number of halogens is 1. The first-order valence-corrected chi connectivity index (χ1v) is 9.26. The van der Waals surface area contributed by atoms with E-state index in [1.807, 2.05) is 43.3 Å². The van der Waals surface area contributed by atoms with Crippen molar-refractivity contribution in [1.29, 1.82) is 0 Å². The van der Waals surface area contributed by atoms with Crippen LogP contribution in [0, 0.1) is 0 Å². The molecule has 0 amide bonds. The van der Waals surface area contributed by atoms with E-state index in [-0.39, 0.29) is 5.89 Å². The van der Waals surface area contributed by atoms with Crippen LogP contribution < -0.4 is 10.1 Å². The summed E-state index contributed by atoms with van der Waals surface area (Å²) in [6.45, 7) is 0.526. The molecular weight excluding hydrogens is 392 g/mol. The highest BCUT2D eigenvalue weighted by Crippen LogP contribution is 2.33. The maximum atomic E-state index is 6.36. The van der Waals surface area contributed by atoms with E-state index in [2.05, 4.69) is 15.5 Å². The molecule has 0 fully saturated rings. The Morgan fingerprint density at radius 3 is 2.55 bits per heavy atom. The Bertz CT molecular complexity index is 1160. The normalized spacial score (nSPS) is 11.2. The Morgan fingerprint density at radius 2 is 1.83 bits per heavy atom. The van der Waals surface area contributed by atoms with Gasteiger partial charge in [-0.1, -0.05) is 23.7 Å². The van der Waals surface area contributed by atoms with Crippen molar-refractivity contribution < 1.29 is 9.15 Å². The van der Waals surface area contributed by atoms with Gasteiger partial charge >= 0.3 is 0 Å². The molecule has 0 atom stereocenters. The summed E-state index contributed by atoms with van der Waals surface area (Å²) < 4.78 is 11.1. The lowest BCUT2D eigenvalue weighted by molar-refractivity contribution is 0.344. The van der Waals surface area contributed by atoms with Crippen molar-refractivity contribution in [2.24, 2.45) is 0 Å². The summed E-state index contributed by atoms with van der Waals surface area (Å²) in [6, 6.07) is 12.9. The van der Waals surface area contributed by atoms with Gasteiger partial charge in [0.05, 0.1) is 35.4 Å². The van der Waals surface area contributed by atoms with Gasteiger partial charge in [-0.25, -0.2) is 9.97 Å². The van der Waals surface area contributed by atoms with Gasteiger partial charge in [-0.05, 0) is 38.4 Å². The molecule has 0 saturated carbocycles. The minimum absolute atomic E-state index is 0.279. The Labute approximate surface area is 172 Å². The van der Waals surface area contributed by atoms with Crippen LogP contribution in [0.3, 0.4) is 0 Å². The van der Waals surface area contributed by atoms with Gasteiger partial charge in [0, 0.05) is 6.07 Å². The SMILES string of the molecule is COc1ccc(Cl)c(Nc2nc3ccccc3nc2-c2nnc(CN(C)C)o2)c1. The average Bonchev–Trinajstić information content (AvgIpc) is 3.16. The van der Waals surface area contributed by atoms with Crippen LogP contribution in [0.4, 0.5) is 11.5 Å². The minimum Gasteiger partial charge on any atom is -0.497 e. The lowest BCUT2D eigenvalue weighted by Crippen LogP contribution is -2.10. The van der Waals surface area contributed by atoms with E-state index in [9.17, 15) is 0 Å². The van der Waals surface area contributed by atoms with Crippen LogP contribution in [-0.4, -0.2) is 46.3 Å². The first-order chi connectivity index (χ1) is 14.0. The second-order valence-electron chi connectivity index (χ2n) is 6.62. The number of anilines is 2. The molecule has 4 aromatic rings. The van der Waals surface area contributed by atoms with Crippen LogP contribution in [0.2, 0.25) is 5.02 Å². The number of hydrogen-bond acceptors (Lipinski definition) is 8. The number of aromatic nitrogens is 4. The van der Waals surface area contributed by atoms with E-state index in [0.717, 1.165) is 11.0 Å². The lowest BCUT2D eigenvalue weighted by Gasteiger charge is -2.12. The number of nitrogens with zero attached hydrogens (tertiary/aromatic N) is 5. The number of methoxy groups -OCH3 is 1. The third kappa shape index (κ3) is 4.13. The molecule has 0 bridgehead atoms. The van der Waals surface area contributed by atoms with Crippen LogP contribution in [0.1, 0.15) is 5.89 Å². The molecule has 9 heteroatoms. The molecule has 8 nitrogen and oxygen atoms in total. The zero-order valence-corrected chi connectivity index (χ0v) is 16.9. The molecule has 0 unspecified atom stereocenters. The van der Waals surface area contributed by atoms with E-state index in [4.69, 9.17) is 30.7 Å². The maximum Gasteiger partial charge on any atom is 0.270 e. The summed E-state index contributed by atoms with van der Waals surface area (Å²) in [6.07, 6.45) is 0. The average molecular weight is 411 g/mol. The highest BCUT2D eigenvalue weighted by molar-refractivity contribution is 6.33. The van der Waals surface area contributed by atoms with Crippen molar-refractivity contribution in [3.63, 3.8) is 0 Å². The van der Waals surface area contributed by atoms with Crippen LogP contribution >= 0.6 is 11.6 Å². The van der Waals surface area contributed by atoms with Crippen LogP contribution in [0.5, 0.6) is 5.75 Å². The molecule has 0 aliphatic heterocycles. The van der Waals surface area contributed by atoms with Gasteiger partial charge in [-0.2, -0.15) is 0 Å². The molecule has 0 aliphatic carbocycles. The number of fused-ring (bicyclic) bond motifs is 1. The van der Waals surface area contributed by atoms with Crippen LogP contribution in [-0.2, 0) is 6.54 Å². The van der Waals surface area contributed by atoms with E-state index >= 15 is 0 Å². The number of nitrogens with one attached hydrogen (secondary N) is 1. The molecule has 0 saturated heterocycles. The van der Waals surface area contributed by atoms with Gasteiger partial charge in [-0.15, -0.1) is 10.2 Å². The Balaban J connectivity index is 1.81. The topological polar surface area (TPSA) is 89.2 Å². The second kappa shape index (κ2) is 8.02. The molecular formula is C20H19ClN6O2. The molecule has 2 aromatic carbocycles. The van der Waals surface area contributed by atoms with Crippen molar-refractivity contribution in [2.75, 3.05) is 26.5 Å². The van der Waals surface area contributed by atoms with Crippen molar-refractivity contribution in [2.45, 2.75) is 6.54 Å². The van der Waals surface area contributed by atoms with E-state index in [1.54, 1.807) is 25.3 Å². The van der Waals surface area contributed by atoms with Gasteiger partial charge in [0.25, 0.3) is 5.89 Å². The van der Waals surface area contributed by atoms with Crippen molar-refractivity contribution in [1.82, 2.24) is 25.1 Å². The highest BCUT2D eigenvalue weighted by atomic mass is 35.5. The third-order valence-electron chi connectivity index (χ3n) is 4.12. The number of rotatable bonds is 6. The van der Waals surface area contributed by atoms with Crippen LogP contribution in [0.25, 0.3) is 22.6 Å². The van der Waals surface area contributed by atoms with Crippen molar-refractivity contribution >= 4 is 34.1 Å². The molecule has 148 valence electrons. The predicted molar refractivity (Wildman–Crippen MR) is 112 cm³/mol. The van der Waals surface area contributed by atoms with Gasteiger partial charge in [0.1, 0.15) is 5.75 Å². The molecule has 2 heterocycles.